The van der Waals surface area contributed by atoms with Crippen LogP contribution in [0.4, 0.5) is 0 Å². The van der Waals surface area contributed by atoms with Crippen molar-refractivity contribution < 1.29 is 10.0 Å². The maximum atomic E-state index is 8.55. The minimum Gasteiger partial charge on any atom is -0.423 e. The van der Waals surface area contributed by atoms with Crippen molar-refractivity contribution in [1.29, 1.82) is 0 Å². The normalized spacial score (nSPS) is 8.20. The third-order valence-electron chi connectivity index (χ3n) is 1.00. The quantitative estimate of drug-likeness (QED) is 0.527. The fraction of sp³-hybridized carbons (Fsp3) is 0. The third kappa shape index (κ3) is 2.35. The summed E-state index contributed by atoms with van der Waals surface area (Å²) in [5.74, 6) is 0. The van der Waals surface area contributed by atoms with Crippen molar-refractivity contribution in [1.82, 2.24) is 4.98 Å². The van der Waals surface area contributed by atoms with Gasteiger partial charge in [0.2, 0.25) is 0 Å². The molecule has 1 heterocycles. The van der Waals surface area contributed by atoms with Gasteiger partial charge in [0.25, 0.3) is 0 Å². The molecule has 2 N–H and O–H groups in total. The Labute approximate surface area is 65.3 Å². The molecular formula is C5H7BClNO2. The van der Waals surface area contributed by atoms with Crippen LogP contribution in [0.1, 0.15) is 0 Å². The van der Waals surface area contributed by atoms with Gasteiger partial charge in [-0.25, -0.2) is 0 Å². The van der Waals surface area contributed by atoms with E-state index in [4.69, 9.17) is 10.0 Å². The Balaban J connectivity index is 0.000000810. The predicted octanol–water partition coefficient (Wildman–Crippen LogP) is -0.817. The third-order valence-corrected chi connectivity index (χ3v) is 1.00. The molecule has 0 spiro atoms. The van der Waals surface area contributed by atoms with Gasteiger partial charge >= 0.3 is 7.12 Å². The Morgan fingerprint density at radius 3 is 2.00 bits per heavy atom. The molecule has 0 amide bonds. The van der Waals surface area contributed by atoms with Crippen molar-refractivity contribution in [3.63, 3.8) is 0 Å². The van der Waals surface area contributed by atoms with Gasteiger partial charge in [-0.1, -0.05) is 0 Å². The van der Waals surface area contributed by atoms with Crippen LogP contribution in [0.2, 0.25) is 0 Å². The molecule has 10 heavy (non-hydrogen) atoms. The first kappa shape index (κ1) is 9.42. The van der Waals surface area contributed by atoms with Crippen LogP contribution >= 0.6 is 12.4 Å². The van der Waals surface area contributed by atoms with E-state index in [-0.39, 0.29) is 12.4 Å². The number of hydrogen-bond acceptors (Lipinski definition) is 3. The van der Waals surface area contributed by atoms with E-state index in [1.165, 1.54) is 12.4 Å². The largest absolute Gasteiger partial charge is 0.488 e. The Kier molecular flexibility index (Phi) is 4.03. The maximum absolute atomic E-state index is 8.55. The summed E-state index contributed by atoms with van der Waals surface area (Å²) in [6, 6.07) is 3.09. The van der Waals surface area contributed by atoms with Crippen LogP contribution < -0.4 is 5.46 Å². The Morgan fingerprint density at radius 2 is 1.70 bits per heavy atom. The number of nitrogens with zero attached hydrogens (tertiary/aromatic N) is 1. The highest BCUT2D eigenvalue weighted by Crippen LogP contribution is 1.77. The SMILES string of the molecule is Cl.OB(O)c1ccncc1. The molecule has 0 aliphatic carbocycles. The van der Waals surface area contributed by atoms with E-state index >= 15 is 0 Å². The topological polar surface area (TPSA) is 53.4 Å². The molecule has 0 aromatic carbocycles. The average molecular weight is 159 g/mol. The van der Waals surface area contributed by atoms with Crippen molar-refractivity contribution in [3.05, 3.63) is 24.5 Å². The van der Waals surface area contributed by atoms with E-state index in [1.807, 2.05) is 0 Å². The number of aromatic nitrogens is 1. The van der Waals surface area contributed by atoms with E-state index < -0.39 is 7.12 Å². The summed E-state index contributed by atoms with van der Waals surface area (Å²) in [6.07, 6.45) is 3.02. The number of halogens is 1. The molecule has 1 aromatic rings. The summed E-state index contributed by atoms with van der Waals surface area (Å²) in [5.41, 5.74) is 0.463. The van der Waals surface area contributed by atoms with E-state index in [1.54, 1.807) is 12.1 Å². The second-order valence-electron chi connectivity index (χ2n) is 1.65. The highest BCUT2D eigenvalue weighted by molar-refractivity contribution is 6.58. The molecule has 0 bridgehead atoms. The summed E-state index contributed by atoms with van der Waals surface area (Å²) in [4.78, 5) is 3.71. The Bertz CT molecular complexity index is 182. The fourth-order valence-corrected chi connectivity index (χ4v) is 0.536. The van der Waals surface area contributed by atoms with Crippen molar-refractivity contribution in [2.24, 2.45) is 0 Å². The van der Waals surface area contributed by atoms with Gasteiger partial charge in [-0.05, 0) is 17.6 Å². The smallest absolute Gasteiger partial charge is 0.423 e. The van der Waals surface area contributed by atoms with Gasteiger partial charge in [0.1, 0.15) is 0 Å². The first-order chi connectivity index (χ1) is 4.30. The van der Waals surface area contributed by atoms with Gasteiger partial charge in [0.05, 0.1) is 0 Å². The van der Waals surface area contributed by atoms with Crippen molar-refractivity contribution in [3.8, 4) is 0 Å². The lowest BCUT2D eigenvalue weighted by Gasteiger charge is -1.93. The lowest BCUT2D eigenvalue weighted by molar-refractivity contribution is 0.425. The van der Waals surface area contributed by atoms with Crippen LogP contribution in [-0.4, -0.2) is 22.2 Å². The first-order valence-electron chi connectivity index (χ1n) is 2.57. The van der Waals surface area contributed by atoms with Crippen LogP contribution in [-0.2, 0) is 0 Å². The molecule has 0 atom stereocenters. The van der Waals surface area contributed by atoms with Crippen molar-refractivity contribution >= 4 is 25.0 Å². The summed E-state index contributed by atoms with van der Waals surface area (Å²) < 4.78 is 0. The van der Waals surface area contributed by atoms with Crippen LogP contribution in [0.5, 0.6) is 0 Å². The second kappa shape index (κ2) is 4.27. The Hall–Kier alpha value is -0.575. The molecule has 0 fully saturated rings. The summed E-state index contributed by atoms with van der Waals surface area (Å²) in [7, 11) is -1.38. The van der Waals surface area contributed by atoms with Crippen LogP contribution in [0.25, 0.3) is 0 Å². The molecule has 1 aromatic heterocycles. The zero-order valence-electron chi connectivity index (χ0n) is 5.14. The molecule has 0 radical (unpaired) electrons. The predicted molar refractivity (Wildman–Crippen MR) is 41.3 cm³/mol. The number of pyridine rings is 1. The highest BCUT2D eigenvalue weighted by Gasteiger charge is 2.07. The summed E-state index contributed by atoms with van der Waals surface area (Å²) in [6.45, 7) is 0. The number of rotatable bonds is 1. The molecule has 0 unspecified atom stereocenters. The molecular weight excluding hydrogens is 152 g/mol. The number of hydrogen-bond donors (Lipinski definition) is 2. The van der Waals surface area contributed by atoms with E-state index in [9.17, 15) is 0 Å². The van der Waals surface area contributed by atoms with Crippen LogP contribution in [0.3, 0.4) is 0 Å². The Morgan fingerprint density at radius 1 is 1.20 bits per heavy atom. The van der Waals surface area contributed by atoms with Gasteiger partial charge in [0, 0.05) is 12.4 Å². The van der Waals surface area contributed by atoms with Crippen molar-refractivity contribution in [2.45, 2.75) is 0 Å². The molecule has 0 aliphatic rings. The molecule has 0 aliphatic heterocycles. The van der Waals surface area contributed by atoms with E-state index in [2.05, 4.69) is 4.98 Å². The minimum atomic E-state index is -1.38. The van der Waals surface area contributed by atoms with Gasteiger partial charge in [-0.2, -0.15) is 0 Å². The lowest BCUT2D eigenvalue weighted by Crippen LogP contribution is -2.29. The van der Waals surface area contributed by atoms with Gasteiger partial charge in [-0.3, -0.25) is 4.98 Å². The first-order valence-corrected chi connectivity index (χ1v) is 2.57. The highest BCUT2D eigenvalue weighted by atomic mass is 35.5. The zero-order valence-corrected chi connectivity index (χ0v) is 5.95. The lowest BCUT2D eigenvalue weighted by atomic mass is 9.81. The van der Waals surface area contributed by atoms with Crippen LogP contribution in [0, 0.1) is 0 Å². The average Bonchev–Trinajstić information content (AvgIpc) is 1.90. The van der Waals surface area contributed by atoms with Gasteiger partial charge in [0.15, 0.2) is 0 Å². The maximum Gasteiger partial charge on any atom is 0.488 e. The van der Waals surface area contributed by atoms with Crippen LogP contribution in [0.15, 0.2) is 24.5 Å². The zero-order chi connectivity index (χ0) is 6.69. The molecule has 0 saturated carbocycles. The van der Waals surface area contributed by atoms with Crippen molar-refractivity contribution in [2.75, 3.05) is 0 Å². The molecule has 5 heteroatoms. The van der Waals surface area contributed by atoms with Gasteiger partial charge < -0.3 is 10.0 Å². The molecule has 54 valence electrons. The fourth-order valence-electron chi connectivity index (χ4n) is 0.536. The second-order valence-corrected chi connectivity index (χ2v) is 1.65. The standard InChI is InChI=1S/C5H6BNO2.ClH/c8-6(9)5-1-3-7-4-2-5;/h1-4,8-9H;1H. The molecule has 3 nitrogen and oxygen atoms in total. The van der Waals surface area contributed by atoms with E-state index in [0.717, 1.165) is 0 Å². The summed E-state index contributed by atoms with van der Waals surface area (Å²) in [5, 5.41) is 17.1. The minimum absolute atomic E-state index is 0. The summed E-state index contributed by atoms with van der Waals surface area (Å²) >= 11 is 0. The molecule has 0 saturated heterocycles. The van der Waals surface area contributed by atoms with E-state index in [0.29, 0.717) is 5.46 Å². The van der Waals surface area contributed by atoms with Gasteiger partial charge in [-0.15, -0.1) is 12.4 Å². The molecule has 1 rings (SSSR count). The monoisotopic (exact) mass is 159 g/mol.